The zero-order valence-corrected chi connectivity index (χ0v) is 13.0. The Kier molecular flexibility index (Phi) is 5.13. The van der Waals surface area contributed by atoms with Gasteiger partial charge in [0.1, 0.15) is 5.56 Å². The molecule has 0 unspecified atom stereocenters. The first-order valence-electron chi connectivity index (χ1n) is 6.99. The molecule has 1 aliphatic heterocycles. The molecule has 0 aromatic carbocycles. The number of H-pyrrole nitrogens is 1. The van der Waals surface area contributed by atoms with Crippen LogP contribution in [0.15, 0.2) is 9.90 Å². The van der Waals surface area contributed by atoms with Gasteiger partial charge in [0.25, 0.3) is 5.56 Å². The van der Waals surface area contributed by atoms with Gasteiger partial charge in [0, 0.05) is 6.04 Å². The Balaban J connectivity index is 2.36. The summed E-state index contributed by atoms with van der Waals surface area (Å²) in [7, 11) is 0. The number of hydrogen-bond donors (Lipinski definition) is 2. The lowest BCUT2D eigenvalue weighted by atomic mass is 10.2. The Bertz CT molecular complexity index is 631. The minimum absolute atomic E-state index is 0.00936. The molecule has 1 aromatic heterocycles. The quantitative estimate of drug-likeness (QED) is 0.646. The number of rotatable bonds is 4. The van der Waals surface area contributed by atoms with Gasteiger partial charge in [-0.15, -0.1) is 0 Å². The van der Waals surface area contributed by atoms with Crippen LogP contribution in [0.4, 0.5) is 0 Å². The van der Waals surface area contributed by atoms with Gasteiger partial charge in [0.15, 0.2) is 4.77 Å². The van der Waals surface area contributed by atoms with Crippen LogP contribution in [0.5, 0.6) is 5.88 Å². The number of nitrogens with one attached hydrogen (secondary N) is 1. The lowest BCUT2D eigenvalue weighted by Gasteiger charge is -2.23. The van der Waals surface area contributed by atoms with Gasteiger partial charge in [0.05, 0.1) is 32.5 Å². The number of aromatic nitrogens is 2. The second-order valence-corrected chi connectivity index (χ2v) is 5.32. The van der Waals surface area contributed by atoms with E-state index in [-0.39, 0.29) is 22.3 Å². The van der Waals surface area contributed by atoms with E-state index in [1.54, 1.807) is 5.01 Å². The summed E-state index contributed by atoms with van der Waals surface area (Å²) in [6.45, 7) is 6.46. The zero-order chi connectivity index (χ0) is 15.4. The van der Waals surface area contributed by atoms with Gasteiger partial charge in [-0.1, -0.05) is 6.92 Å². The van der Waals surface area contributed by atoms with Crippen molar-refractivity contribution in [2.24, 2.45) is 5.10 Å². The van der Waals surface area contributed by atoms with E-state index in [0.29, 0.717) is 26.3 Å². The molecule has 0 amide bonds. The molecule has 7 nitrogen and oxygen atoms in total. The van der Waals surface area contributed by atoms with Crippen molar-refractivity contribution in [1.29, 1.82) is 0 Å². The van der Waals surface area contributed by atoms with Gasteiger partial charge in [-0.2, -0.15) is 5.10 Å². The van der Waals surface area contributed by atoms with Crippen LogP contribution in [0.1, 0.15) is 31.9 Å². The lowest BCUT2D eigenvalue weighted by molar-refractivity contribution is 0.0396. The molecule has 1 saturated heterocycles. The molecular formula is C13H20N4O3S. The summed E-state index contributed by atoms with van der Waals surface area (Å²) in [6, 6.07) is -0.00936. The molecule has 1 aliphatic rings. The highest BCUT2D eigenvalue weighted by molar-refractivity contribution is 7.71. The topological polar surface area (TPSA) is 82.8 Å². The van der Waals surface area contributed by atoms with E-state index in [4.69, 9.17) is 17.0 Å². The number of hydrazone groups is 1. The Morgan fingerprint density at radius 3 is 2.81 bits per heavy atom. The zero-order valence-electron chi connectivity index (χ0n) is 12.2. The monoisotopic (exact) mass is 312 g/mol. The van der Waals surface area contributed by atoms with Crippen molar-refractivity contribution in [3.05, 3.63) is 20.7 Å². The molecule has 1 atom stereocenters. The van der Waals surface area contributed by atoms with Crippen LogP contribution in [0.3, 0.4) is 0 Å². The van der Waals surface area contributed by atoms with E-state index in [1.165, 1.54) is 10.8 Å². The normalized spacial score (nSPS) is 17.3. The van der Waals surface area contributed by atoms with Crippen LogP contribution in [0, 0.1) is 4.77 Å². The smallest absolute Gasteiger partial charge is 0.264 e. The summed E-state index contributed by atoms with van der Waals surface area (Å²) < 4.78 is 6.99. The minimum Gasteiger partial charge on any atom is -0.494 e. The molecule has 2 N–H and O–H groups in total. The number of nitrogens with zero attached hydrogens (tertiary/aromatic N) is 3. The van der Waals surface area contributed by atoms with Gasteiger partial charge in [-0.25, -0.2) is 0 Å². The van der Waals surface area contributed by atoms with E-state index in [1.807, 2.05) is 13.8 Å². The Morgan fingerprint density at radius 1 is 1.52 bits per heavy atom. The van der Waals surface area contributed by atoms with Crippen molar-refractivity contribution in [2.45, 2.75) is 26.3 Å². The van der Waals surface area contributed by atoms with Gasteiger partial charge in [-0.05, 0) is 25.6 Å². The summed E-state index contributed by atoms with van der Waals surface area (Å²) in [6.07, 6.45) is 2.17. The maximum Gasteiger partial charge on any atom is 0.264 e. The van der Waals surface area contributed by atoms with Gasteiger partial charge >= 0.3 is 0 Å². The van der Waals surface area contributed by atoms with Crippen molar-refractivity contribution in [2.75, 3.05) is 26.3 Å². The first kappa shape index (κ1) is 15.7. The molecule has 0 radical (unpaired) electrons. The van der Waals surface area contributed by atoms with Crippen LogP contribution in [0.2, 0.25) is 0 Å². The Hall–Kier alpha value is -1.67. The van der Waals surface area contributed by atoms with Crippen molar-refractivity contribution < 1.29 is 9.84 Å². The third-order valence-corrected chi connectivity index (χ3v) is 3.82. The largest absolute Gasteiger partial charge is 0.494 e. The Morgan fingerprint density at radius 2 is 2.19 bits per heavy atom. The van der Waals surface area contributed by atoms with E-state index in [0.717, 1.165) is 6.42 Å². The number of hydrogen-bond acceptors (Lipinski definition) is 6. The number of morpholine rings is 1. The SMILES string of the molecule is CC[C@H](C)n1c(O)c(C=NN2CCOCC2)c(=O)[nH]c1=S. The molecular weight excluding hydrogens is 292 g/mol. The number of aromatic amines is 1. The second kappa shape index (κ2) is 6.86. The average molecular weight is 312 g/mol. The third kappa shape index (κ3) is 3.51. The van der Waals surface area contributed by atoms with Crippen LogP contribution in [-0.4, -0.2) is 52.2 Å². The van der Waals surface area contributed by atoms with Crippen molar-refractivity contribution in [3.63, 3.8) is 0 Å². The average Bonchev–Trinajstić information content (AvgIpc) is 2.47. The fraction of sp³-hybridized carbons (Fsp3) is 0.615. The van der Waals surface area contributed by atoms with E-state index in [2.05, 4.69) is 10.1 Å². The van der Waals surface area contributed by atoms with Crippen molar-refractivity contribution >= 4 is 18.4 Å². The summed E-state index contributed by atoms with van der Waals surface area (Å²) in [5.41, 5.74) is -0.315. The molecule has 2 rings (SSSR count). The van der Waals surface area contributed by atoms with Crippen molar-refractivity contribution in [3.8, 4) is 5.88 Å². The predicted molar refractivity (Wildman–Crippen MR) is 82.5 cm³/mol. The minimum atomic E-state index is -0.436. The summed E-state index contributed by atoms with van der Waals surface area (Å²) in [5.74, 6) is -0.143. The molecule has 0 bridgehead atoms. The first-order valence-corrected chi connectivity index (χ1v) is 7.39. The summed E-state index contributed by atoms with van der Waals surface area (Å²) >= 11 is 5.11. The molecule has 8 heteroatoms. The maximum absolute atomic E-state index is 12.0. The molecule has 1 fully saturated rings. The van der Waals surface area contributed by atoms with Gasteiger partial charge in [-0.3, -0.25) is 19.4 Å². The third-order valence-electron chi connectivity index (χ3n) is 3.52. The standard InChI is InChI=1S/C13H20N4O3S/c1-3-9(2)17-12(19)10(11(18)15-13(17)21)8-14-16-4-6-20-7-5-16/h8-9,19H,3-7H2,1-2H3,(H,15,18,21)/t9-/m0/s1. The van der Waals surface area contributed by atoms with Crippen LogP contribution in [0.25, 0.3) is 0 Å². The first-order chi connectivity index (χ1) is 10.0. The van der Waals surface area contributed by atoms with Crippen molar-refractivity contribution in [1.82, 2.24) is 14.6 Å². The fourth-order valence-corrected chi connectivity index (χ4v) is 2.43. The van der Waals surface area contributed by atoms with Gasteiger partial charge < -0.3 is 9.84 Å². The van der Waals surface area contributed by atoms with Crippen LogP contribution in [-0.2, 0) is 4.74 Å². The lowest BCUT2D eigenvalue weighted by Crippen LogP contribution is -2.32. The van der Waals surface area contributed by atoms with Crippen LogP contribution >= 0.6 is 12.2 Å². The summed E-state index contributed by atoms with van der Waals surface area (Å²) in [4.78, 5) is 14.5. The fourth-order valence-electron chi connectivity index (χ4n) is 2.07. The van der Waals surface area contributed by atoms with Gasteiger partial charge in [0.2, 0.25) is 5.88 Å². The van der Waals surface area contributed by atoms with Crippen LogP contribution < -0.4 is 5.56 Å². The molecule has 2 heterocycles. The number of ether oxygens (including phenoxy) is 1. The molecule has 0 spiro atoms. The molecule has 0 aliphatic carbocycles. The van der Waals surface area contributed by atoms with E-state index >= 15 is 0 Å². The highest BCUT2D eigenvalue weighted by Crippen LogP contribution is 2.20. The Labute approximate surface area is 127 Å². The summed E-state index contributed by atoms with van der Waals surface area (Å²) in [5, 5.41) is 16.4. The van der Waals surface area contributed by atoms with E-state index in [9.17, 15) is 9.90 Å². The molecule has 0 saturated carbocycles. The predicted octanol–water partition coefficient (Wildman–Crippen LogP) is 1.25. The maximum atomic E-state index is 12.0. The molecule has 21 heavy (non-hydrogen) atoms. The second-order valence-electron chi connectivity index (χ2n) is 4.93. The highest BCUT2D eigenvalue weighted by Gasteiger charge is 2.15. The highest BCUT2D eigenvalue weighted by atomic mass is 32.1. The molecule has 1 aromatic rings. The molecule has 116 valence electrons. The van der Waals surface area contributed by atoms with E-state index < -0.39 is 5.56 Å². The number of aromatic hydroxyl groups is 1.